The Labute approximate surface area is 127 Å². The van der Waals surface area contributed by atoms with E-state index >= 15 is 0 Å². The van der Waals surface area contributed by atoms with Crippen LogP contribution in [0.15, 0.2) is 42.7 Å². The number of carbonyl (C=O) groups is 1. The molecule has 2 heterocycles. The van der Waals surface area contributed by atoms with Gasteiger partial charge in [-0.15, -0.1) is 0 Å². The Hall–Kier alpha value is -2.89. The standard InChI is InChI=1S/C16H15N3O3/c1-22-12-5-3-11(4-6-12)15-13(7-8-14(20)21)16-17-9-2-10-19(16)18-15/h2-6,9-10H,7-8H2,1H3,(H,20,21). The van der Waals surface area contributed by atoms with E-state index in [0.717, 1.165) is 22.6 Å². The van der Waals surface area contributed by atoms with Crippen LogP contribution in [0.1, 0.15) is 12.0 Å². The average Bonchev–Trinajstić information content (AvgIpc) is 2.91. The molecular weight excluding hydrogens is 282 g/mol. The van der Waals surface area contributed by atoms with Crippen molar-refractivity contribution in [3.05, 3.63) is 48.3 Å². The van der Waals surface area contributed by atoms with E-state index in [1.54, 1.807) is 30.1 Å². The van der Waals surface area contributed by atoms with Crippen molar-refractivity contribution in [3.8, 4) is 17.0 Å². The molecule has 3 rings (SSSR count). The monoisotopic (exact) mass is 297 g/mol. The van der Waals surface area contributed by atoms with Gasteiger partial charge in [0.25, 0.3) is 0 Å². The number of ether oxygens (including phenoxy) is 1. The highest BCUT2D eigenvalue weighted by Crippen LogP contribution is 2.27. The first kappa shape index (κ1) is 14.1. The fourth-order valence-corrected chi connectivity index (χ4v) is 2.38. The predicted molar refractivity (Wildman–Crippen MR) is 80.9 cm³/mol. The number of carboxylic acid groups (broad SMARTS) is 1. The molecule has 0 radical (unpaired) electrons. The van der Waals surface area contributed by atoms with Crippen LogP contribution in [0.4, 0.5) is 0 Å². The zero-order valence-electron chi connectivity index (χ0n) is 12.1. The number of aliphatic carboxylic acids is 1. The number of benzene rings is 1. The van der Waals surface area contributed by atoms with Crippen molar-refractivity contribution in [2.75, 3.05) is 7.11 Å². The molecule has 0 saturated heterocycles. The molecule has 0 amide bonds. The molecule has 0 aliphatic rings. The molecule has 0 fully saturated rings. The van der Waals surface area contributed by atoms with Gasteiger partial charge in [0.05, 0.1) is 12.8 Å². The summed E-state index contributed by atoms with van der Waals surface area (Å²) >= 11 is 0. The van der Waals surface area contributed by atoms with Gasteiger partial charge >= 0.3 is 5.97 Å². The predicted octanol–water partition coefficient (Wildman–Crippen LogP) is 2.42. The maximum Gasteiger partial charge on any atom is 0.303 e. The van der Waals surface area contributed by atoms with Crippen LogP contribution < -0.4 is 4.74 Å². The van der Waals surface area contributed by atoms with Crippen LogP contribution in [0.2, 0.25) is 0 Å². The van der Waals surface area contributed by atoms with Crippen molar-refractivity contribution < 1.29 is 14.6 Å². The first-order chi connectivity index (χ1) is 10.7. The number of nitrogens with zero attached hydrogens (tertiary/aromatic N) is 3. The van der Waals surface area contributed by atoms with Gasteiger partial charge in [-0.1, -0.05) is 0 Å². The fourth-order valence-electron chi connectivity index (χ4n) is 2.38. The largest absolute Gasteiger partial charge is 0.497 e. The molecule has 1 N–H and O–H groups in total. The van der Waals surface area contributed by atoms with E-state index in [1.807, 2.05) is 24.3 Å². The van der Waals surface area contributed by atoms with Gasteiger partial charge in [0.15, 0.2) is 5.65 Å². The molecule has 0 bridgehead atoms. The van der Waals surface area contributed by atoms with Crippen LogP contribution in [-0.2, 0) is 11.2 Å². The van der Waals surface area contributed by atoms with Gasteiger partial charge in [-0.25, -0.2) is 9.50 Å². The van der Waals surface area contributed by atoms with Crippen molar-refractivity contribution in [2.45, 2.75) is 12.8 Å². The number of methoxy groups -OCH3 is 1. The summed E-state index contributed by atoms with van der Waals surface area (Å²) in [7, 11) is 1.61. The molecule has 0 aliphatic carbocycles. The van der Waals surface area contributed by atoms with Crippen LogP contribution in [-0.4, -0.2) is 32.8 Å². The van der Waals surface area contributed by atoms with E-state index in [9.17, 15) is 4.79 Å². The van der Waals surface area contributed by atoms with Gasteiger partial charge in [-0.3, -0.25) is 4.79 Å². The van der Waals surface area contributed by atoms with Crippen molar-refractivity contribution in [2.24, 2.45) is 0 Å². The van der Waals surface area contributed by atoms with Gasteiger partial charge in [0.1, 0.15) is 5.75 Å². The lowest BCUT2D eigenvalue weighted by Crippen LogP contribution is -1.99. The van der Waals surface area contributed by atoms with Crippen molar-refractivity contribution in [3.63, 3.8) is 0 Å². The SMILES string of the molecule is COc1ccc(-c2nn3cccnc3c2CCC(=O)O)cc1. The van der Waals surface area contributed by atoms with E-state index < -0.39 is 5.97 Å². The third kappa shape index (κ3) is 2.63. The second-order valence-electron chi connectivity index (χ2n) is 4.84. The van der Waals surface area contributed by atoms with Gasteiger partial charge in [0.2, 0.25) is 0 Å². The molecule has 0 atom stereocenters. The van der Waals surface area contributed by atoms with Gasteiger partial charge in [0, 0.05) is 29.9 Å². The quantitative estimate of drug-likeness (QED) is 0.782. The lowest BCUT2D eigenvalue weighted by molar-refractivity contribution is -0.136. The normalized spacial score (nSPS) is 10.8. The Kier molecular flexibility index (Phi) is 3.74. The minimum absolute atomic E-state index is 0.0427. The Morgan fingerprint density at radius 2 is 2.09 bits per heavy atom. The Morgan fingerprint density at radius 3 is 2.77 bits per heavy atom. The molecular formula is C16H15N3O3. The number of rotatable bonds is 5. The van der Waals surface area contributed by atoms with Gasteiger partial charge < -0.3 is 9.84 Å². The van der Waals surface area contributed by atoms with Crippen LogP contribution in [0.25, 0.3) is 16.9 Å². The number of hydrogen-bond acceptors (Lipinski definition) is 4. The summed E-state index contributed by atoms with van der Waals surface area (Å²) in [6.07, 6.45) is 3.91. The summed E-state index contributed by atoms with van der Waals surface area (Å²) in [5.74, 6) is -0.0753. The molecule has 1 aromatic carbocycles. The summed E-state index contributed by atoms with van der Waals surface area (Å²) in [6, 6.07) is 9.32. The van der Waals surface area contributed by atoms with Gasteiger partial charge in [-0.05, 0) is 36.8 Å². The Bertz CT molecular complexity index is 809. The summed E-state index contributed by atoms with van der Waals surface area (Å²) < 4.78 is 6.83. The number of hydrogen-bond donors (Lipinski definition) is 1. The average molecular weight is 297 g/mol. The second kappa shape index (κ2) is 5.85. The first-order valence-electron chi connectivity index (χ1n) is 6.87. The Morgan fingerprint density at radius 1 is 1.32 bits per heavy atom. The van der Waals surface area contributed by atoms with E-state index in [4.69, 9.17) is 9.84 Å². The molecule has 2 aromatic heterocycles. The minimum Gasteiger partial charge on any atom is -0.497 e. The summed E-state index contributed by atoms with van der Waals surface area (Å²) in [5.41, 5.74) is 3.19. The van der Waals surface area contributed by atoms with Crippen LogP contribution in [0.5, 0.6) is 5.75 Å². The smallest absolute Gasteiger partial charge is 0.303 e. The van der Waals surface area contributed by atoms with E-state index in [1.165, 1.54) is 0 Å². The molecule has 0 spiro atoms. The fraction of sp³-hybridized carbons (Fsp3) is 0.188. The molecule has 6 nitrogen and oxygen atoms in total. The van der Waals surface area contributed by atoms with Crippen LogP contribution >= 0.6 is 0 Å². The summed E-state index contributed by atoms with van der Waals surface area (Å²) in [6.45, 7) is 0. The minimum atomic E-state index is -0.837. The molecule has 0 unspecified atom stereocenters. The van der Waals surface area contributed by atoms with Crippen LogP contribution in [0.3, 0.4) is 0 Å². The highest BCUT2D eigenvalue weighted by Gasteiger charge is 2.16. The highest BCUT2D eigenvalue weighted by atomic mass is 16.5. The van der Waals surface area contributed by atoms with E-state index in [2.05, 4.69) is 10.1 Å². The number of carboxylic acids is 1. The molecule has 0 saturated carbocycles. The lowest BCUT2D eigenvalue weighted by Gasteiger charge is -2.03. The summed E-state index contributed by atoms with van der Waals surface area (Å²) in [4.78, 5) is 15.2. The van der Waals surface area contributed by atoms with E-state index in [0.29, 0.717) is 12.1 Å². The first-order valence-corrected chi connectivity index (χ1v) is 6.87. The molecule has 22 heavy (non-hydrogen) atoms. The maximum atomic E-state index is 10.9. The van der Waals surface area contributed by atoms with Crippen molar-refractivity contribution in [1.82, 2.24) is 14.6 Å². The molecule has 0 aliphatic heterocycles. The number of fused-ring (bicyclic) bond motifs is 1. The molecule has 112 valence electrons. The molecule has 3 aromatic rings. The number of aromatic nitrogens is 3. The maximum absolute atomic E-state index is 10.9. The Balaban J connectivity index is 2.09. The number of aryl methyl sites for hydroxylation is 1. The second-order valence-corrected chi connectivity index (χ2v) is 4.84. The van der Waals surface area contributed by atoms with E-state index in [-0.39, 0.29) is 6.42 Å². The highest BCUT2D eigenvalue weighted by molar-refractivity contribution is 5.73. The van der Waals surface area contributed by atoms with Gasteiger partial charge in [-0.2, -0.15) is 5.10 Å². The molecule has 6 heteroatoms. The van der Waals surface area contributed by atoms with Crippen LogP contribution in [0, 0.1) is 0 Å². The summed E-state index contributed by atoms with van der Waals surface area (Å²) in [5, 5.41) is 13.5. The third-order valence-electron chi connectivity index (χ3n) is 3.44. The van der Waals surface area contributed by atoms with Crippen molar-refractivity contribution in [1.29, 1.82) is 0 Å². The topological polar surface area (TPSA) is 76.7 Å². The zero-order valence-corrected chi connectivity index (χ0v) is 12.1. The third-order valence-corrected chi connectivity index (χ3v) is 3.44. The lowest BCUT2D eigenvalue weighted by atomic mass is 10.0. The zero-order chi connectivity index (χ0) is 15.5. The van der Waals surface area contributed by atoms with Crippen molar-refractivity contribution >= 4 is 11.6 Å².